The lowest BCUT2D eigenvalue weighted by Crippen LogP contribution is -2.41. The fourth-order valence-corrected chi connectivity index (χ4v) is 4.27. The van der Waals surface area contributed by atoms with Crippen LogP contribution < -0.4 is 10.6 Å². The van der Waals surface area contributed by atoms with Crippen LogP contribution in [-0.2, 0) is 11.2 Å². The number of aliphatic imine (C=N–C) groups is 1. The van der Waals surface area contributed by atoms with E-state index in [-0.39, 0.29) is 24.0 Å². The van der Waals surface area contributed by atoms with E-state index in [9.17, 15) is 0 Å². The van der Waals surface area contributed by atoms with Gasteiger partial charge in [-0.2, -0.15) is 0 Å². The number of likely N-dealkylation sites (tertiary alicyclic amines) is 1. The van der Waals surface area contributed by atoms with E-state index in [4.69, 9.17) is 4.74 Å². The Kier molecular flexibility index (Phi) is 12.0. The van der Waals surface area contributed by atoms with Crippen molar-refractivity contribution < 1.29 is 4.74 Å². The SMILES string of the molecule is CN=C(NCCCCN1CCC(Cc2ccccc2)CC1)NCC1CCCO1.I. The van der Waals surface area contributed by atoms with Crippen molar-refractivity contribution >= 4 is 29.9 Å². The van der Waals surface area contributed by atoms with Crippen LogP contribution in [0.15, 0.2) is 35.3 Å². The second kappa shape index (κ2) is 14.2. The number of nitrogens with one attached hydrogen (secondary N) is 2. The van der Waals surface area contributed by atoms with Gasteiger partial charge in [-0.3, -0.25) is 4.99 Å². The maximum absolute atomic E-state index is 5.65. The molecule has 5 nitrogen and oxygen atoms in total. The smallest absolute Gasteiger partial charge is 0.191 e. The molecule has 1 aromatic carbocycles. The molecule has 0 spiro atoms. The zero-order chi connectivity index (χ0) is 19.4. The van der Waals surface area contributed by atoms with Gasteiger partial charge in [-0.1, -0.05) is 30.3 Å². The molecule has 0 bridgehead atoms. The van der Waals surface area contributed by atoms with E-state index < -0.39 is 0 Å². The largest absolute Gasteiger partial charge is 0.376 e. The second-order valence-corrected chi connectivity index (χ2v) is 8.20. The molecule has 3 rings (SSSR count). The molecule has 0 radical (unpaired) electrons. The molecule has 2 saturated heterocycles. The molecule has 2 heterocycles. The van der Waals surface area contributed by atoms with Crippen LogP contribution in [0.2, 0.25) is 0 Å². The van der Waals surface area contributed by atoms with Crippen molar-refractivity contribution in [1.29, 1.82) is 0 Å². The molecule has 29 heavy (non-hydrogen) atoms. The predicted octanol–water partition coefficient (Wildman–Crippen LogP) is 3.68. The number of benzene rings is 1. The van der Waals surface area contributed by atoms with E-state index in [1.54, 1.807) is 0 Å². The highest BCUT2D eigenvalue weighted by molar-refractivity contribution is 14.0. The molecule has 2 aliphatic heterocycles. The lowest BCUT2D eigenvalue weighted by molar-refractivity contribution is 0.114. The van der Waals surface area contributed by atoms with Crippen molar-refractivity contribution in [2.24, 2.45) is 10.9 Å². The lowest BCUT2D eigenvalue weighted by atomic mass is 9.90. The van der Waals surface area contributed by atoms with Gasteiger partial charge in [-0.05, 0) is 76.1 Å². The lowest BCUT2D eigenvalue weighted by Gasteiger charge is -2.32. The second-order valence-electron chi connectivity index (χ2n) is 8.20. The summed E-state index contributed by atoms with van der Waals surface area (Å²) in [5.41, 5.74) is 1.49. The molecule has 0 saturated carbocycles. The first kappa shape index (κ1) is 24.4. The highest BCUT2D eigenvalue weighted by Crippen LogP contribution is 2.21. The minimum Gasteiger partial charge on any atom is -0.376 e. The minimum atomic E-state index is 0. The van der Waals surface area contributed by atoms with Crippen molar-refractivity contribution in [3.63, 3.8) is 0 Å². The number of nitrogens with zero attached hydrogens (tertiary/aromatic N) is 2. The summed E-state index contributed by atoms with van der Waals surface area (Å²) in [5.74, 6) is 1.76. The van der Waals surface area contributed by atoms with Crippen LogP contribution in [0.5, 0.6) is 0 Å². The molecule has 2 fully saturated rings. The summed E-state index contributed by atoms with van der Waals surface area (Å²) in [5, 5.41) is 6.81. The molecule has 0 aliphatic carbocycles. The van der Waals surface area contributed by atoms with Gasteiger partial charge in [0.15, 0.2) is 5.96 Å². The van der Waals surface area contributed by atoms with Crippen molar-refractivity contribution in [1.82, 2.24) is 15.5 Å². The Labute approximate surface area is 194 Å². The van der Waals surface area contributed by atoms with Gasteiger partial charge >= 0.3 is 0 Å². The quantitative estimate of drug-likeness (QED) is 0.229. The Bertz CT molecular complexity index is 570. The fraction of sp³-hybridized carbons (Fsp3) is 0.696. The Hall–Kier alpha value is -0.860. The monoisotopic (exact) mass is 514 g/mol. The molecule has 164 valence electrons. The molecule has 2 N–H and O–H groups in total. The molecule has 6 heteroatoms. The fourth-order valence-electron chi connectivity index (χ4n) is 4.27. The molecule has 1 atom stereocenters. The van der Waals surface area contributed by atoms with Crippen molar-refractivity contribution in [3.8, 4) is 0 Å². The molecule has 2 aliphatic rings. The van der Waals surface area contributed by atoms with Gasteiger partial charge in [0, 0.05) is 26.7 Å². The maximum atomic E-state index is 5.65. The highest BCUT2D eigenvalue weighted by atomic mass is 127. The number of unbranched alkanes of at least 4 members (excludes halogenated alkanes) is 1. The molecule has 1 unspecified atom stereocenters. The van der Waals surface area contributed by atoms with Gasteiger partial charge in [0.05, 0.1) is 6.10 Å². The highest BCUT2D eigenvalue weighted by Gasteiger charge is 2.19. The minimum absolute atomic E-state index is 0. The third-order valence-electron chi connectivity index (χ3n) is 6.01. The third kappa shape index (κ3) is 9.22. The Balaban J connectivity index is 0.00000300. The number of hydrogen-bond donors (Lipinski definition) is 2. The normalized spacial score (nSPS) is 21.0. The van der Waals surface area contributed by atoms with Crippen LogP contribution in [0.3, 0.4) is 0 Å². The van der Waals surface area contributed by atoms with E-state index in [1.807, 2.05) is 7.05 Å². The average molecular weight is 514 g/mol. The Morgan fingerprint density at radius 2 is 1.90 bits per heavy atom. The van der Waals surface area contributed by atoms with Crippen molar-refractivity contribution in [2.45, 2.75) is 51.0 Å². The Morgan fingerprint density at radius 3 is 2.59 bits per heavy atom. The first-order valence-electron chi connectivity index (χ1n) is 11.2. The number of rotatable bonds is 9. The number of hydrogen-bond acceptors (Lipinski definition) is 3. The number of ether oxygens (including phenoxy) is 1. The van der Waals surface area contributed by atoms with Crippen LogP contribution >= 0.6 is 24.0 Å². The van der Waals surface area contributed by atoms with Gasteiger partial charge in [0.25, 0.3) is 0 Å². The maximum Gasteiger partial charge on any atom is 0.191 e. The zero-order valence-corrected chi connectivity index (χ0v) is 20.3. The number of guanidine groups is 1. The van der Waals surface area contributed by atoms with Crippen LogP contribution in [0, 0.1) is 5.92 Å². The van der Waals surface area contributed by atoms with Crippen LogP contribution in [0.25, 0.3) is 0 Å². The Morgan fingerprint density at radius 1 is 1.10 bits per heavy atom. The molecular weight excluding hydrogens is 475 g/mol. The topological polar surface area (TPSA) is 48.9 Å². The zero-order valence-electron chi connectivity index (χ0n) is 17.9. The van der Waals surface area contributed by atoms with E-state index in [1.165, 1.54) is 63.7 Å². The van der Waals surface area contributed by atoms with E-state index in [0.29, 0.717) is 6.10 Å². The van der Waals surface area contributed by atoms with E-state index in [2.05, 4.69) is 50.9 Å². The number of halogens is 1. The van der Waals surface area contributed by atoms with E-state index in [0.717, 1.165) is 38.0 Å². The molecule has 0 amide bonds. The summed E-state index contributed by atoms with van der Waals surface area (Å²) in [7, 11) is 1.84. The first-order valence-corrected chi connectivity index (χ1v) is 11.2. The summed E-state index contributed by atoms with van der Waals surface area (Å²) >= 11 is 0. The summed E-state index contributed by atoms with van der Waals surface area (Å²) in [6.07, 6.45) is 9.05. The predicted molar refractivity (Wildman–Crippen MR) is 132 cm³/mol. The van der Waals surface area contributed by atoms with Gasteiger partial charge < -0.3 is 20.3 Å². The van der Waals surface area contributed by atoms with Crippen LogP contribution in [0.4, 0.5) is 0 Å². The first-order chi connectivity index (χ1) is 13.8. The van der Waals surface area contributed by atoms with Gasteiger partial charge in [0.1, 0.15) is 0 Å². The molecule has 0 aromatic heterocycles. The van der Waals surface area contributed by atoms with Crippen LogP contribution in [-0.4, -0.2) is 63.3 Å². The molecule has 1 aromatic rings. The van der Waals surface area contributed by atoms with Crippen LogP contribution in [0.1, 0.15) is 44.1 Å². The summed E-state index contributed by atoms with van der Waals surface area (Å²) in [4.78, 5) is 6.95. The standard InChI is InChI=1S/C23H38N4O.HI/c1-24-23(26-19-22-10-7-17-28-22)25-13-5-6-14-27-15-11-21(12-16-27)18-20-8-3-2-4-9-20;/h2-4,8-9,21-22H,5-7,10-19H2,1H3,(H2,24,25,26);1H. The van der Waals surface area contributed by atoms with E-state index >= 15 is 0 Å². The van der Waals surface area contributed by atoms with Gasteiger partial charge in [-0.15, -0.1) is 24.0 Å². The number of piperidine rings is 1. The van der Waals surface area contributed by atoms with Crippen molar-refractivity contribution in [2.75, 3.05) is 46.4 Å². The average Bonchev–Trinajstić information content (AvgIpc) is 3.26. The van der Waals surface area contributed by atoms with Crippen molar-refractivity contribution in [3.05, 3.63) is 35.9 Å². The summed E-state index contributed by atoms with van der Waals surface area (Å²) in [6.45, 7) is 6.49. The van der Waals surface area contributed by atoms with Gasteiger partial charge in [-0.25, -0.2) is 0 Å². The summed E-state index contributed by atoms with van der Waals surface area (Å²) < 4.78 is 5.65. The molecular formula is C23H39IN4O. The summed E-state index contributed by atoms with van der Waals surface area (Å²) in [6, 6.07) is 11.0. The third-order valence-corrected chi connectivity index (χ3v) is 6.01. The van der Waals surface area contributed by atoms with Gasteiger partial charge in [0.2, 0.25) is 0 Å².